The molecule has 0 aromatic heterocycles. The SMILES string of the molecule is CC(OC(=O)c1ccc(OCC2CCCO2)cc1)C(=O)Nc1ccc(C(F)(F)F)cc1. The average Bonchev–Trinajstić information content (AvgIpc) is 3.26. The van der Waals surface area contributed by atoms with Crippen LogP contribution >= 0.6 is 0 Å². The first-order chi connectivity index (χ1) is 14.7. The van der Waals surface area contributed by atoms with Gasteiger partial charge >= 0.3 is 12.1 Å². The maximum Gasteiger partial charge on any atom is 0.416 e. The minimum atomic E-state index is -4.46. The number of carbonyl (C=O) groups is 2. The average molecular weight is 437 g/mol. The number of alkyl halides is 3. The van der Waals surface area contributed by atoms with Crippen molar-refractivity contribution in [2.45, 2.75) is 38.1 Å². The third-order valence-electron chi connectivity index (χ3n) is 4.68. The minimum Gasteiger partial charge on any atom is -0.491 e. The fourth-order valence-corrected chi connectivity index (χ4v) is 2.92. The van der Waals surface area contributed by atoms with E-state index >= 15 is 0 Å². The summed E-state index contributed by atoms with van der Waals surface area (Å²) in [5.41, 5.74) is -0.430. The van der Waals surface area contributed by atoms with Crippen LogP contribution in [0, 0.1) is 0 Å². The van der Waals surface area contributed by atoms with E-state index in [9.17, 15) is 22.8 Å². The molecule has 1 saturated heterocycles. The van der Waals surface area contributed by atoms with Gasteiger partial charge in [0.05, 0.1) is 17.2 Å². The Morgan fingerprint density at radius 2 is 1.81 bits per heavy atom. The first-order valence-corrected chi connectivity index (χ1v) is 9.76. The smallest absolute Gasteiger partial charge is 0.416 e. The Hall–Kier alpha value is -3.07. The van der Waals surface area contributed by atoms with E-state index < -0.39 is 29.7 Å². The molecule has 0 bridgehead atoms. The molecular weight excluding hydrogens is 415 g/mol. The van der Waals surface area contributed by atoms with Crippen LogP contribution in [0.1, 0.15) is 35.7 Å². The Morgan fingerprint density at radius 3 is 2.39 bits per heavy atom. The van der Waals surface area contributed by atoms with Crippen LogP contribution in [0.25, 0.3) is 0 Å². The van der Waals surface area contributed by atoms with Gasteiger partial charge in [-0.1, -0.05) is 0 Å². The van der Waals surface area contributed by atoms with E-state index in [-0.39, 0.29) is 17.4 Å². The van der Waals surface area contributed by atoms with Gasteiger partial charge in [0, 0.05) is 12.3 Å². The molecule has 1 N–H and O–H groups in total. The number of benzene rings is 2. The first kappa shape index (κ1) is 22.6. The molecule has 9 heteroatoms. The summed E-state index contributed by atoms with van der Waals surface area (Å²) in [4.78, 5) is 24.4. The van der Waals surface area contributed by atoms with E-state index in [1.165, 1.54) is 19.1 Å². The Labute approximate surface area is 177 Å². The fraction of sp³-hybridized carbons (Fsp3) is 0.364. The van der Waals surface area contributed by atoms with Crippen LogP contribution in [0.5, 0.6) is 5.75 Å². The van der Waals surface area contributed by atoms with Crippen LogP contribution in [0.2, 0.25) is 0 Å². The number of esters is 1. The van der Waals surface area contributed by atoms with E-state index in [4.69, 9.17) is 14.2 Å². The minimum absolute atomic E-state index is 0.0775. The Kier molecular flexibility index (Phi) is 7.17. The number of ether oxygens (including phenoxy) is 3. The molecule has 0 aliphatic carbocycles. The fourth-order valence-electron chi connectivity index (χ4n) is 2.92. The van der Waals surface area contributed by atoms with Crippen molar-refractivity contribution in [1.29, 1.82) is 0 Å². The summed E-state index contributed by atoms with van der Waals surface area (Å²) in [7, 11) is 0. The third-order valence-corrected chi connectivity index (χ3v) is 4.68. The standard InChI is InChI=1S/C22H22F3NO5/c1-14(20(27)26-17-8-6-16(7-9-17)22(23,24)25)31-21(28)15-4-10-18(11-5-15)30-13-19-3-2-12-29-19/h4-11,14,19H,2-3,12-13H2,1H3,(H,26,27). The summed E-state index contributed by atoms with van der Waals surface area (Å²) in [6.07, 6.45) is -3.56. The van der Waals surface area contributed by atoms with Crippen LogP contribution < -0.4 is 10.1 Å². The van der Waals surface area contributed by atoms with Crippen molar-refractivity contribution >= 4 is 17.6 Å². The normalized spacial score (nSPS) is 17.1. The zero-order valence-corrected chi connectivity index (χ0v) is 16.8. The highest BCUT2D eigenvalue weighted by Gasteiger charge is 2.30. The predicted molar refractivity (Wildman–Crippen MR) is 106 cm³/mol. The van der Waals surface area contributed by atoms with Crippen LogP contribution in [-0.4, -0.2) is 37.3 Å². The summed E-state index contributed by atoms with van der Waals surface area (Å²) in [5, 5.41) is 2.41. The molecule has 0 spiro atoms. The maximum atomic E-state index is 12.6. The molecule has 0 radical (unpaired) electrons. The van der Waals surface area contributed by atoms with Crippen molar-refractivity contribution in [3.05, 3.63) is 59.7 Å². The lowest BCUT2D eigenvalue weighted by atomic mass is 10.2. The van der Waals surface area contributed by atoms with Crippen molar-refractivity contribution in [2.24, 2.45) is 0 Å². The van der Waals surface area contributed by atoms with E-state index in [1.54, 1.807) is 12.1 Å². The van der Waals surface area contributed by atoms with E-state index in [0.717, 1.165) is 43.7 Å². The molecule has 0 saturated carbocycles. The van der Waals surface area contributed by atoms with Gasteiger partial charge in [-0.3, -0.25) is 4.79 Å². The Balaban J connectivity index is 1.49. The molecule has 31 heavy (non-hydrogen) atoms. The molecule has 1 fully saturated rings. The summed E-state index contributed by atoms with van der Waals surface area (Å²) < 4.78 is 54.0. The molecule has 1 heterocycles. The van der Waals surface area contributed by atoms with Gasteiger partial charge in [-0.05, 0) is 68.3 Å². The molecular formula is C22H22F3NO5. The lowest BCUT2D eigenvalue weighted by Crippen LogP contribution is -2.30. The molecule has 1 aliphatic rings. The molecule has 166 valence electrons. The summed E-state index contributed by atoms with van der Waals surface area (Å²) in [6, 6.07) is 10.3. The van der Waals surface area contributed by atoms with Gasteiger partial charge < -0.3 is 19.5 Å². The molecule has 2 unspecified atom stereocenters. The first-order valence-electron chi connectivity index (χ1n) is 9.76. The summed E-state index contributed by atoms with van der Waals surface area (Å²) >= 11 is 0. The number of amides is 1. The third kappa shape index (κ3) is 6.45. The number of rotatable bonds is 7. The van der Waals surface area contributed by atoms with Gasteiger partial charge in [-0.2, -0.15) is 13.2 Å². The molecule has 2 aromatic carbocycles. The van der Waals surface area contributed by atoms with Gasteiger partial charge in [-0.25, -0.2) is 4.79 Å². The monoisotopic (exact) mass is 437 g/mol. The second-order valence-electron chi connectivity index (χ2n) is 7.08. The van der Waals surface area contributed by atoms with Crippen LogP contribution in [0.15, 0.2) is 48.5 Å². The molecule has 2 atom stereocenters. The molecule has 1 aliphatic heterocycles. The number of nitrogens with one attached hydrogen (secondary N) is 1. The zero-order chi connectivity index (χ0) is 22.4. The van der Waals surface area contributed by atoms with Gasteiger partial charge in [0.2, 0.25) is 0 Å². The number of hydrogen-bond donors (Lipinski definition) is 1. The highest BCUT2D eigenvalue weighted by molar-refractivity contribution is 5.97. The quantitative estimate of drug-likeness (QED) is 0.648. The second kappa shape index (κ2) is 9.82. The van der Waals surface area contributed by atoms with E-state index in [2.05, 4.69) is 5.32 Å². The highest BCUT2D eigenvalue weighted by atomic mass is 19.4. The van der Waals surface area contributed by atoms with Crippen LogP contribution in [0.4, 0.5) is 18.9 Å². The largest absolute Gasteiger partial charge is 0.491 e. The number of halogens is 3. The van der Waals surface area contributed by atoms with Crippen molar-refractivity contribution in [2.75, 3.05) is 18.5 Å². The van der Waals surface area contributed by atoms with Crippen molar-refractivity contribution in [3.8, 4) is 5.75 Å². The van der Waals surface area contributed by atoms with Gasteiger partial charge in [0.1, 0.15) is 12.4 Å². The molecule has 2 aromatic rings. The van der Waals surface area contributed by atoms with Crippen molar-refractivity contribution in [1.82, 2.24) is 0 Å². The van der Waals surface area contributed by atoms with Crippen LogP contribution in [0.3, 0.4) is 0 Å². The summed E-state index contributed by atoms with van der Waals surface area (Å²) in [6.45, 7) is 2.55. The number of hydrogen-bond acceptors (Lipinski definition) is 5. The lowest BCUT2D eigenvalue weighted by Gasteiger charge is -2.15. The maximum absolute atomic E-state index is 12.6. The highest BCUT2D eigenvalue weighted by Crippen LogP contribution is 2.29. The van der Waals surface area contributed by atoms with Gasteiger partial charge in [0.25, 0.3) is 5.91 Å². The topological polar surface area (TPSA) is 73.9 Å². The Morgan fingerprint density at radius 1 is 1.13 bits per heavy atom. The molecule has 3 rings (SSSR count). The number of carbonyl (C=O) groups excluding carboxylic acids is 2. The van der Waals surface area contributed by atoms with Crippen molar-refractivity contribution in [3.63, 3.8) is 0 Å². The van der Waals surface area contributed by atoms with Gasteiger partial charge in [0.15, 0.2) is 6.10 Å². The second-order valence-corrected chi connectivity index (χ2v) is 7.08. The predicted octanol–water partition coefficient (Wildman–Crippen LogP) is 4.45. The van der Waals surface area contributed by atoms with E-state index in [0.29, 0.717) is 12.4 Å². The van der Waals surface area contributed by atoms with E-state index in [1.807, 2.05) is 0 Å². The van der Waals surface area contributed by atoms with Crippen LogP contribution in [-0.2, 0) is 20.4 Å². The Bertz CT molecular complexity index is 891. The molecule has 1 amide bonds. The van der Waals surface area contributed by atoms with Gasteiger partial charge in [-0.15, -0.1) is 0 Å². The lowest BCUT2D eigenvalue weighted by molar-refractivity contribution is -0.137. The number of anilines is 1. The molecule has 6 nitrogen and oxygen atoms in total. The summed E-state index contributed by atoms with van der Waals surface area (Å²) in [5.74, 6) is -0.787. The zero-order valence-electron chi connectivity index (χ0n) is 16.8. The van der Waals surface area contributed by atoms with Crippen molar-refractivity contribution < 1.29 is 37.0 Å².